The molecule has 0 aliphatic rings. The van der Waals surface area contributed by atoms with Gasteiger partial charge in [0.2, 0.25) is 0 Å². The number of hydrogen-bond acceptors (Lipinski definition) is 1. The number of carbonyl (C=O) groups is 1. The third-order valence-corrected chi connectivity index (χ3v) is 5.54. The quantitative estimate of drug-likeness (QED) is 0.769. The van der Waals surface area contributed by atoms with Gasteiger partial charge in [-0.3, -0.25) is 0 Å². The summed E-state index contributed by atoms with van der Waals surface area (Å²) in [5.41, 5.74) is 0.348. The molecule has 0 saturated heterocycles. The van der Waals surface area contributed by atoms with Crippen LogP contribution in [0.3, 0.4) is 0 Å². The van der Waals surface area contributed by atoms with Crippen molar-refractivity contribution in [3.8, 4) is 0 Å². The first-order valence-corrected chi connectivity index (χ1v) is 6.09. The molecule has 0 spiro atoms. The third kappa shape index (κ3) is 1.94. The van der Waals surface area contributed by atoms with Gasteiger partial charge in [-0.15, -0.1) is 0 Å². The Bertz CT molecular complexity index is 298. The van der Waals surface area contributed by atoms with E-state index in [0.717, 1.165) is 3.07 Å². The van der Waals surface area contributed by atoms with E-state index in [1.165, 1.54) is 0 Å². The van der Waals surface area contributed by atoms with Crippen LogP contribution in [0, 0.1) is 0 Å². The van der Waals surface area contributed by atoms with E-state index in [9.17, 15) is 4.79 Å². The summed E-state index contributed by atoms with van der Waals surface area (Å²) in [4.78, 5) is 10.5. The molecule has 1 aromatic carbocycles. The number of aromatic carboxylic acids is 1. The molecule has 0 aliphatic carbocycles. The summed E-state index contributed by atoms with van der Waals surface area (Å²) in [6.07, 6.45) is 0. The van der Waals surface area contributed by atoms with Crippen LogP contribution < -0.4 is 3.07 Å². The molecule has 11 heavy (non-hydrogen) atoms. The molecule has 0 unspecified atom stereocenters. The van der Waals surface area contributed by atoms with Crippen LogP contribution in [-0.4, -0.2) is 11.1 Å². The zero-order valence-corrected chi connectivity index (χ0v) is 11.9. The summed E-state index contributed by atoms with van der Waals surface area (Å²) < 4.78 is 0.807. The van der Waals surface area contributed by atoms with E-state index in [4.69, 9.17) is 16.7 Å². The summed E-state index contributed by atoms with van der Waals surface area (Å²) in [5.74, 6) is -0.891. The number of rotatable bonds is 1. The van der Waals surface area contributed by atoms with Gasteiger partial charge in [-0.2, -0.15) is 0 Å². The summed E-state index contributed by atoms with van der Waals surface area (Å²) in [7, 11) is 0. The minimum atomic E-state index is -0.891. The van der Waals surface area contributed by atoms with Gasteiger partial charge in [-0.25, -0.2) is 0 Å². The van der Waals surface area contributed by atoms with E-state index < -0.39 is 5.97 Å². The van der Waals surface area contributed by atoms with Crippen molar-refractivity contribution < 1.29 is 36.0 Å². The van der Waals surface area contributed by atoms with Gasteiger partial charge in [0.25, 0.3) is 0 Å². The van der Waals surface area contributed by atoms with Crippen LogP contribution in [-0.2, 0) is 26.1 Å². The van der Waals surface area contributed by atoms with Crippen LogP contribution in [0.5, 0.6) is 0 Å². The molecule has 4 heteroatoms. The molecule has 0 bridgehead atoms. The molecule has 1 rings (SSSR count). The maximum atomic E-state index is 10.5. The molecule has 1 aromatic rings. The van der Waals surface area contributed by atoms with E-state index in [2.05, 4.69) is 0 Å². The fourth-order valence-electron chi connectivity index (χ4n) is 0.759. The first-order valence-electron chi connectivity index (χ1n) is 2.96. The van der Waals surface area contributed by atoms with E-state index in [-0.39, 0.29) is 26.1 Å². The standard InChI is InChI=1S/C7H4ClO2.Hg/c8-6-3-1-2-5(4-6)7(9)10;/h1-3H,(H,9,10);. The molecule has 0 heterocycles. The number of benzene rings is 1. The first kappa shape index (κ1) is 9.01. The predicted molar refractivity (Wildman–Crippen MR) is 38.0 cm³/mol. The molecule has 53 valence electrons. The van der Waals surface area contributed by atoms with Crippen LogP contribution in [0.4, 0.5) is 0 Å². The summed E-state index contributed by atoms with van der Waals surface area (Å²) in [6.45, 7) is 0. The fourth-order valence-corrected chi connectivity index (χ4v) is 2.44. The Hall–Kier alpha value is -0.0849. The maximum absolute atomic E-state index is 10.5. The Balaban J connectivity index is 3.27. The van der Waals surface area contributed by atoms with Crippen LogP contribution in [0.2, 0.25) is 5.02 Å². The Labute approximate surface area is 85.1 Å². The van der Waals surface area contributed by atoms with E-state index in [1.54, 1.807) is 18.2 Å². The van der Waals surface area contributed by atoms with Crippen LogP contribution in [0.1, 0.15) is 10.4 Å². The molecule has 0 radical (unpaired) electrons. The van der Waals surface area contributed by atoms with E-state index in [0.29, 0.717) is 10.6 Å². The second kappa shape index (κ2) is 3.54. The molecule has 0 saturated carbocycles. The number of carboxylic acids is 1. The van der Waals surface area contributed by atoms with Gasteiger partial charge in [0, 0.05) is 0 Å². The van der Waals surface area contributed by atoms with Crippen molar-refractivity contribution in [2.75, 3.05) is 0 Å². The Kier molecular flexibility index (Phi) is 2.90. The van der Waals surface area contributed by atoms with E-state index >= 15 is 0 Å². The molecular formula is C7H4ClHgO2. The summed E-state index contributed by atoms with van der Waals surface area (Å²) >= 11 is 6.00. The zero-order valence-electron chi connectivity index (χ0n) is 5.67. The minimum absolute atomic E-state index is 0.253. The Morgan fingerprint density at radius 3 is 2.64 bits per heavy atom. The van der Waals surface area contributed by atoms with Gasteiger partial charge in [0.05, 0.1) is 0 Å². The molecule has 1 N–H and O–H groups in total. The van der Waals surface area contributed by atoms with E-state index in [1.807, 2.05) is 0 Å². The van der Waals surface area contributed by atoms with Crippen molar-refractivity contribution in [3.63, 3.8) is 0 Å². The zero-order chi connectivity index (χ0) is 8.43. The molecule has 2 nitrogen and oxygen atoms in total. The van der Waals surface area contributed by atoms with Crippen molar-refractivity contribution in [1.29, 1.82) is 0 Å². The second-order valence-electron chi connectivity index (χ2n) is 2.07. The predicted octanol–water partition coefficient (Wildman–Crippen LogP) is 1.21. The number of carboxylic acid groups (broad SMARTS) is 1. The molecule has 0 fully saturated rings. The van der Waals surface area contributed by atoms with Crippen molar-refractivity contribution in [2.24, 2.45) is 0 Å². The average molecular weight is 356 g/mol. The molecular weight excluding hydrogens is 352 g/mol. The van der Waals surface area contributed by atoms with Gasteiger partial charge in [-0.05, 0) is 0 Å². The SMILES string of the molecule is O=C(O)c1cccc(Cl)[c]1[Hg]. The van der Waals surface area contributed by atoms with Gasteiger partial charge >= 0.3 is 85.5 Å². The monoisotopic (exact) mass is 357 g/mol. The average Bonchev–Trinajstić information content (AvgIpc) is 1.94. The topological polar surface area (TPSA) is 37.3 Å². The fraction of sp³-hybridized carbons (Fsp3) is 0. The molecule has 0 atom stereocenters. The van der Waals surface area contributed by atoms with Crippen LogP contribution in [0.15, 0.2) is 18.2 Å². The van der Waals surface area contributed by atoms with Gasteiger partial charge in [0.1, 0.15) is 0 Å². The van der Waals surface area contributed by atoms with Crippen molar-refractivity contribution >= 4 is 20.6 Å². The molecule has 0 amide bonds. The Morgan fingerprint density at radius 1 is 1.55 bits per heavy atom. The van der Waals surface area contributed by atoms with Crippen molar-refractivity contribution in [3.05, 3.63) is 28.8 Å². The molecule has 0 aromatic heterocycles. The number of halogens is 1. The Morgan fingerprint density at radius 2 is 2.18 bits per heavy atom. The summed E-state index contributed by atoms with van der Waals surface area (Å²) in [6, 6.07) is 4.95. The van der Waals surface area contributed by atoms with Gasteiger partial charge < -0.3 is 0 Å². The molecule has 0 aliphatic heterocycles. The van der Waals surface area contributed by atoms with Crippen molar-refractivity contribution in [2.45, 2.75) is 0 Å². The van der Waals surface area contributed by atoms with Crippen molar-refractivity contribution in [1.82, 2.24) is 0 Å². The third-order valence-electron chi connectivity index (χ3n) is 1.35. The first-order chi connectivity index (χ1) is 5.13. The summed E-state index contributed by atoms with van der Waals surface area (Å²) in [5, 5.41) is 9.24. The van der Waals surface area contributed by atoms with Gasteiger partial charge in [-0.1, -0.05) is 0 Å². The van der Waals surface area contributed by atoms with Crippen LogP contribution >= 0.6 is 11.6 Å². The normalized spacial score (nSPS) is 9.73. The van der Waals surface area contributed by atoms with Gasteiger partial charge in [0.15, 0.2) is 0 Å². The second-order valence-corrected chi connectivity index (χ2v) is 5.23. The number of hydrogen-bond donors (Lipinski definition) is 1. The van der Waals surface area contributed by atoms with Crippen LogP contribution in [0.25, 0.3) is 0 Å².